The van der Waals surface area contributed by atoms with Crippen LogP contribution in [0.1, 0.15) is 79.0 Å². The zero-order valence-corrected chi connectivity index (χ0v) is 45.8. The molecule has 0 atom stereocenters. The summed E-state index contributed by atoms with van der Waals surface area (Å²) in [4.78, 5) is 9.62. The fourth-order valence-electron chi connectivity index (χ4n) is 10.3. The van der Waals surface area contributed by atoms with Crippen molar-refractivity contribution in [1.29, 1.82) is 0 Å². The van der Waals surface area contributed by atoms with Crippen LogP contribution in [0.25, 0.3) is 70.0 Å². The monoisotopic (exact) mass is 1150 g/mol. The second kappa shape index (κ2) is 18.2. The minimum Gasteiger partial charge on any atom is -0.509 e. The van der Waals surface area contributed by atoms with Gasteiger partial charge in [-0.25, -0.2) is 4.98 Å². The smallest absolute Gasteiger partial charge is 0.135 e. The van der Waals surface area contributed by atoms with Crippen LogP contribution in [0.5, 0.6) is 11.5 Å². The predicted octanol–water partition coefficient (Wildman–Crippen LogP) is 18.6. The Morgan fingerprint density at radius 2 is 1.14 bits per heavy atom. The van der Waals surface area contributed by atoms with Crippen molar-refractivity contribution in [2.24, 2.45) is 0 Å². The zero-order valence-electron chi connectivity index (χ0n) is 42.7. The third-order valence-electron chi connectivity index (χ3n) is 14.3. The molecule has 0 fully saturated rings. The van der Waals surface area contributed by atoms with Gasteiger partial charge < -0.3 is 19.1 Å². The van der Waals surface area contributed by atoms with E-state index < -0.39 is 0 Å². The van der Waals surface area contributed by atoms with Gasteiger partial charge in [-0.05, 0) is 85.2 Å². The Kier molecular flexibility index (Phi) is 12.0. The first-order valence-corrected chi connectivity index (χ1v) is 25.8. The van der Waals surface area contributed by atoms with Gasteiger partial charge in [-0.2, -0.15) is 12.1 Å². The predicted molar refractivity (Wildman–Crippen MR) is 304 cm³/mol. The molecule has 4 heterocycles. The summed E-state index contributed by atoms with van der Waals surface area (Å²) in [6.07, 6.45) is 1.93. The Hall–Kier alpha value is -6.98. The second-order valence-electron chi connectivity index (χ2n) is 22.2. The summed E-state index contributed by atoms with van der Waals surface area (Å²) in [6, 6.07) is 68.8. The van der Waals surface area contributed by atoms with E-state index in [0.717, 1.165) is 67.2 Å². The Morgan fingerprint density at radius 3 is 1.79 bits per heavy atom. The molecule has 0 unspecified atom stereocenters. The number of aromatic nitrogens is 2. The number of ether oxygens (including phenoxy) is 1. The van der Waals surface area contributed by atoms with Gasteiger partial charge in [-0.3, -0.25) is 0 Å². The Morgan fingerprint density at radius 1 is 0.534 bits per heavy atom. The van der Waals surface area contributed by atoms with Crippen LogP contribution < -0.4 is 14.5 Å². The summed E-state index contributed by atoms with van der Waals surface area (Å²) in [6.45, 7) is 22.6. The Balaban J connectivity index is 0.00000574. The van der Waals surface area contributed by atoms with Gasteiger partial charge in [0.2, 0.25) is 0 Å². The van der Waals surface area contributed by atoms with E-state index in [0.29, 0.717) is 11.5 Å². The van der Waals surface area contributed by atoms with E-state index in [9.17, 15) is 0 Å². The number of anilines is 4. The molecular weight excluding hydrogens is 1090 g/mol. The summed E-state index contributed by atoms with van der Waals surface area (Å²) >= 11 is 1.82. The number of pyridine rings is 1. The van der Waals surface area contributed by atoms with Crippen molar-refractivity contribution >= 4 is 76.1 Å². The molecule has 0 amide bonds. The third-order valence-corrected chi connectivity index (χ3v) is 15.4. The van der Waals surface area contributed by atoms with Crippen molar-refractivity contribution in [3.8, 4) is 39.6 Å². The van der Waals surface area contributed by atoms with Gasteiger partial charge in [0, 0.05) is 81.7 Å². The van der Waals surface area contributed by atoms with E-state index >= 15 is 0 Å². The van der Waals surface area contributed by atoms with E-state index in [4.69, 9.17) is 9.72 Å². The number of hydrogen-bond donors (Lipinski definition) is 0. The van der Waals surface area contributed by atoms with E-state index in [1.807, 2.05) is 35.7 Å². The summed E-state index contributed by atoms with van der Waals surface area (Å²) in [5, 5.41) is 4.78. The van der Waals surface area contributed by atoms with Crippen LogP contribution in [0.2, 0.25) is 0 Å². The minimum atomic E-state index is -0.0608. The van der Waals surface area contributed by atoms with Crippen LogP contribution >= 0.6 is 11.3 Å². The average Bonchev–Trinajstić information content (AvgIpc) is 4.05. The van der Waals surface area contributed by atoms with Crippen molar-refractivity contribution in [3.05, 3.63) is 212 Å². The topological polar surface area (TPSA) is 33.5 Å². The van der Waals surface area contributed by atoms with Crippen molar-refractivity contribution < 1.29 is 25.8 Å². The summed E-state index contributed by atoms with van der Waals surface area (Å²) < 4.78 is 11.6. The molecule has 11 aromatic rings. The molecule has 0 aliphatic carbocycles. The number of benzene rings is 8. The number of hydrogen-bond acceptors (Lipinski definition) is 5. The Labute approximate surface area is 448 Å². The normalized spacial score (nSPS) is 13.1. The van der Waals surface area contributed by atoms with E-state index in [1.54, 1.807) is 0 Å². The molecule has 8 aromatic carbocycles. The van der Waals surface area contributed by atoms with Crippen LogP contribution in [0.4, 0.5) is 22.7 Å². The first kappa shape index (κ1) is 48.3. The summed E-state index contributed by atoms with van der Waals surface area (Å²) in [5.41, 5.74) is 14.6. The summed E-state index contributed by atoms with van der Waals surface area (Å²) in [5.74, 6) is 2.05. The zero-order chi connectivity index (χ0) is 49.7. The largest absolute Gasteiger partial charge is 0.509 e. The standard InChI is InChI=1S/C66H57N4OS.Pt/c1-64(2,3)45-29-24-43(25-30-45)52-20-15-21-53(44-26-31-46(32-27-44)65(4,5)6)61(52)69-41-68(55-22-12-13-23-56(55)69)48-17-14-18-49(39-48)71-50-33-34-54-57(40-50)70(59-38-47(36-37-67-59)66(7,8)9)62-60-51-19-11-10-16-42(51)28-35-58(60)72-63(54)62;/h10-38,41H,1-9H3;/q-3;. The first-order chi connectivity index (χ1) is 34.6. The second-order valence-corrected chi connectivity index (χ2v) is 23.3. The third kappa shape index (κ3) is 8.63. The van der Waals surface area contributed by atoms with Gasteiger partial charge in [0.1, 0.15) is 5.82 Å². The van der Waals surface area contributed by atoms with E-state index in [1.165, 1.54) is 42.2 Å². The van der Waals surface area contributed by atoms with Crippen molar-refractivity contribution in [2.45, 2.75) is 78.6 Å². The molecule has 0 N–H and O–H groups in total. The molecule has 5 nitrogen and oxygen atoms in total. The number of para-hydroxylation sites is 3. The van der Waals surface area contributed by atoms with Crippen LogP contribution in [0.15, 0.2) is 176 Å². The fourth-order valence-corrected chi connectivity index (χ4v) is 11.5. The maximum atomic E-state index is 6.81. The van der Waals surface area contributed by atoms with E-state index in [2.05, 4.69) is 247 Å². The van der Waals surface area contributed by atoms with Crippen LogP contribution in [-0.4, -0.2) is 9.55 Å². The molecule has 12 rings (SSSR count). The molecule has 73 heavy (non-hydrogen) atoms. The fraction of sp³-hybridized carbons (Fsp3) is 0.182. The molecule has 1 aliphatic rings. The molecule has 7 heteroatoms. The molecule has 3 aromatic heterocycles. The summed E-state index contributed by atoms with van der Waals surface area (Å²) in [7, 11) is 0. The molecule has 0 bridgehead atoms. The molecule has 0 saturated carbocycles. The quantitative estimate of drug-likeness (QED) is 0.149. The number of fused-ring (bicyclic) bond motifs is 8. The molecular formula is C66H57N4OPtS-3. The van der Waals surface area contributed by atoms with Crippen LogP contribution in [-0.2, 0) is 37.3 Å². The Bertz CT molecular complexity index is 3810. The molecule has 366 valence electrons. The van der Waals surface area contributed by atoms with Gasteiger partial charge >= 0.3 is 0 Å². The van der Waals surface area contributed by atoms with Crippen molar-refractivity contribution in [3.63, 3.8) is 0 Å². The van der Waals surface area contributed by atoms with Gasteiger partial charge in [0.15, 0.2) is 0 Å². The minimum absolute atomic E-state index is 0. The molecule has 0 spiro atoms. The van der Waals surface area contributed by atoms with Gasteiger partial charge in [0.25, 0.3) is 0 Å². The van der Waals surface area contributed by atoms with E-state index in [-0.39, 0.29) is 37.3 Å². The van der Waals surface area contributed by atoms with Gasteiger partial charge in [-0.15, -0.1) is 54.0 Å². The first-order valence-electron chi connectivity index (χ1n) is 24.9. The van der Waals surface area contributed by atoms with Gasteiger partial charge in [-0.1, -0.05) is 182 Å². The van der Waals surface area contributed by atoms with Gasteiger partial charge in [0.05, 0.1) is 5.52 Å². The maximum absolute atomic E-state index is 6.81. The van der Waals surface area contributed by atoms with Crippen LogP contribution in [0.3, 0.4) is 0 Å². The maximum Gasteiger partial charge on any atom is 0.135 e. The number of rotatable bonds is 7. The van der Waals surface area contributed by atoms with Crippen molar-refractivity contribution in [1.82, 2.24) is 9.55 Å². The number of nitrogens with zero attached hydrogens (tertiary/aromatic N) is 4. The molecule has 0 radical (unpaired) electrons. The average molecular weight is 1150 g/mol. The van der Waals surface area contributed by atoms with Crippen molar-refractivity contribution in [2.75, 3.05) is 9.80 Å². The van der Waals surface area contributed by atoms with Crippen LogP contribution in [0, 0.1) is 18.8 Å². The molecule has 0 saturated heterocycles. The number of thiophene rings is 1. The molecule has 1 aliphatic heterocycles. The SMILES string of the molecule is CC(C)(C)c1ccc(-c2cccc(-c3ccc(C(C)(C)C)cc3)c2N2[CH-]N(c3[c-]c(Oc4[c-]c5c(cc4)c4sc6ccc7ccccc7c6c4n5-c4cc(C(C)(C)C)ccn4)ccc3)c3ccccc32)cc1.[Pt].